The molecule has 0 radical (unpaired) electrons. The average molecular weight is 256 g/mol. The van der Waals surface area contributed by atoms with Crippen molar-refractivity contribution in [3.63, 3.8) is 0 Å². The van der Waals surface area contributed by atoms with E-state index in [2.05, 4.69) is 35.8 Å². The van der Waals surface area contributed by atoms with Gasteiger partial charge in [-0.25, -0.2) is 0 Å². The third-order valence-corrected chi connectivity index (χ3v) is 5.06. The molecule has 0 bridgehead atoms. The van der Waals surface area contributed by atoms with Crippen LogP contribution in [0.3, 0.4) is 0 Å². The summed E-state index contributed by atoms with van der Waals surface area (Å²) in [7, 11) is 0. The van der Waals surface area contributed by atoms with Crippen LogP contribution in [0.15, 0.2) is 0 Å². The van der Waals surface area contributed by atoms with E-state index in [1.54, 1.807) is 0 Å². The molecule has 2 rings (SSSR count). The van der Waals surface area contributed by atoms with Gasteiger partial charge in [0.1, 0.15) is 0 Å². The van der Waals surface area contributed by atoms with Gasteiger partial charge in [-0.3, -0.25) is 0 Å². The molecular weight excluding hydrogens is 228 g/mol. The van der Waals surface area contributed by atoms with E-state index in [4.69, 9.17) is 0 Å². The fourth-order valence-electron chi connectivity index (χ4n) is 3.00. The van der Waals surface area contributed by atoms with Crippen molar-refractivity contribution in [2.75, 3.05) is 31.1 Å². The summed E-state index contributed by atoms with van der Waals surface area (Å²) in [5.41, 5.74) is 0. The van der Waals surface area contributed by atoms with E-state index in [1.165, 1.54) is 56.8 Å². The minimum atomic E-state index is 0.794. The Balaban J connectivity index is 1.64. The highest BCUT2D eigenvalue weighted by Gasteiger charge is 2.22. The number of hydrogen-bond acceptors (Lipinski definition) is 3. The summed E-state index contributed by atoms with van der Waals surface area (Å²) in [6.07, 6.45) is 5.52. The number of rotatable bonds is 4. The van der Waals surface area contributed by atoms with Gasteiger partial charge >= 0.3 is 0 Å². The third-order valence-electron chi connectivity index (χ3n) is 3.84. The highest BCUT2D eigenvalue weighted by molar-refractivity contribution is 7.99. The smallest absolute Gasteiger partial charge is 0.0161 e. The Kier molecular flexibility index (Phi) is 5.64. The summed E-state index contributed by atoms with van der Waals surface area (Å²) in [6.45, 7) is 8.53. The van der Waals surface area contributed by atoms with Crippen molar-refractivity contribution in [2.24, 2.45) is 5.92 Å². The molecule has 1 N–H and O–H groups in total. The first-order valence-electron chi connectivity index (χ1n) is 7.30. The van der Waals surface area contributed by atoms with Crippen LogP contribution in [0, 0.1) is 5.92 Å². The molecule has 2 nitrogen and oxygen atoms in total. The van der Waals surface area contributed by atoms with E-state index in [-0.39, 0.29) is 0 Å². The average Bonchev–Trinajstić information content (AvgIpc) is 2.32. The molecule has 3 heteroatoms. The van der Waals surface area contributed by atoms with E-state index >= 15 is 0 Å². The van der Waals surface area contributed by atoms with Gasteiger partial charge in [0.25, 0.3) is 0 Å². The van der Waals surface area contributed by atoms with Crippen molar-refractivity contribution < 1.29 is 0 Å². The molecule has 0 aromatic rings. The summed E-state index contributed by atoms with van der Waals surface area (Å²) in [4.78, 5) is 2.64. The Morgan fingerprint density at radius 3 is 2.53 bits per heavy atom. The molecule has 2 saturated heterocycles. The van der Waals surface area contributed by atoms with Gasteiger partial charge in [0, 0.05) is 24.4 Å². The zero-order chi connectivity index (χ0) is 12.1. The van der Waals surface area contributed by atoms with Crippen LogP contribution >= 0.6 is 11.8 Å². The fraction of sp³-hybridized carbons (Fsp3) is 1.00. The highest BCUT2D eigenvalue weighted by atomic mass is 32.2. The highest BCUT2D eigenvalue weighted by Crippen LogP contribution is 2.19. The third kappa shape index (κ3) is 4.80. The number of nitrogens with one attached hydrogen (secondary N) is 1. The van der Waals surface area contributed by atoms with Gasteiger partial charge in [-0.2, -0.15) is 11.8 Å². The van der Waals surface area contributed by atoms with Crippen LogP contribution in [0.2, 0.25) is 0 Å². The van der Waals surface area contributed by atoms with Gasteiger partial charge in [-0.1, -0.05) is 13.8 Å². The number of likely N-dealkylation sites (tertiary alicyclic amines) is 1. The molecule has 1 unspecified atom stereocenters. The van der Waals surface area contributed by atoms with Crippen LogP contribution in [0.5, 0.6) is 0 Å². The van der Waals surface area contributed by atoms with Gasteiger partial charge < -0.3 is 10.2 Å². The van der Waals surface area contributed by atoms with Crippen LogP contribution < -0.4 is 5.32 Å². The Morgan fingerprint density at radius 1 is 1.18 bits per heavy atom. The van der Waals surface area contributed by atoms with Crippen LogP contribution in [-0.2, 0) is 0 Å². The molecule has 1 atom stereocenters. The topological polar surface area (TPSA) is 15.3 Å². The number of piperidine rings is 1. The molecule has 2 fully saturated rings. The van der Waals surface area contributed by atoms with Crippen molar-refractivity contribution in [3.8, 4) is 0 Å². The van der Waals surface area contributed by atoms with Crippen molar-refractivity contribution in [1.82, 2.24) is 10.2 Å². The molecule has 0 aromatic carbocycles. The SMILES string of the molecule is CC(C)CN1CCC(NC2CCCSC2)CC1. The van der Waals surface area contributed by atoms with E-state index < -0.39 is 0 Å². The molecule has 2 heterocycles. The monoisotopic (exact) mass is 256 g/mol. The summed E-state index contributed by atoms with van der Waals surface area (Å²) in [6, 6.07) is 1.59. The normalized spacial score (nSPS) is 28.8. The predicted octanol–water partition coefficient (Wildman–Crippen LogP) is 2.59. The Labute approximate surface area is 111 Å². The standard InChI is InChI=1S/C14H28N2S/c1-12(2)10-16-7-5-13(6-8-16)15-14-4-3-9-17-11-14/h12-15H,3-11H2,1-2H3. The van der Waals surface area contributed by atoms with Gasteiger partial charge in [0.05, 0.1) is 0 Å². The van der Waals surface area contributed by atoms with Gasteiger partial charge in [0.15, 0.2) is 0 Å². The summed E-state index contributed by atoms with van der Waals surface area (Å²) in [5.74, 6) is 3.53. The second-order valence-electron chi connectivity index (χ2n) is 6.05. The Bertz CT molecular complexity index is 206. The maximum atomic E-state index is 3.88. The predicted molar refractivity (Wildman–Crippen MR) is 77.8 cm³/mol. The molecule has 0 saturated carbocycles. The zero-order valence-electron chi connectivity index (χ0n) is 11.5. The lowest BCUT2D eigenvalue weighted by molar-refractivity contribution is 0.174. The second kappa shape index (κ2) is 7.01. The number of thioether (sulfide) groups is 1. The van der Waals surface area contributed by atoms with E-state index in [0.717, 1.165) is 18.0 Å². The first-order valence-corrected chi connectivity index (χ1v) is 8.45. The zero-order valence-corrected chi connectivity index (χ0v) is 12.3. The Morgan fingerprint density at radius 2 is 1.94 bits per heavy atom. The van der Waals surface area contributed by atoms with Gasteiger partial charge in [-0.15, -0.1) is 0 Å². The fourth-order valence-corrected chi connectivity index (χ4v) is 4.09. The molecular formula is C14H28N2S. The minimum Gasteiger partial charge on any atom is -0.310 e. The molecule has 0 aliphatic carbocycles. The van der Waals surface area contributed by atoms with Crippen molar-refractivity contribution in [1.29, 1.82) is 0 Å². The molecule has 0 spiro atoms. The summed E-state index contributed by atoms with van der Waals surface area (Å²) < 4.78 is 0. The van der Waals surface area contributed by atoms with Crippen LogP contribution in [0.4, 0.5) is 0 Å². The van der Waals surface area contributed by atoms with Crippen molar-refractivity contribution >= 4 is 11.8 Å². The molecule has 2 aliphatic heterocycles. The lowest BCUT2D eigenvalue weighted by Crippen LogP contribution is -2.48. The van der Waals surface area contributed by atoms with Gasteiger partial charge in [0.2, 0.25) is 0 Å². The van der Waals surface area contributed by atoms with E-state index in [1.807, 2.05) is 0 Å². The molecule has 0 amide bonds. The first kappa shape index (κ1) is 13.7. The quantitative estimate of drug-likeness (QED) is 0.832. The second-order valence-corrected chi connectivity index (χ2v) is 7.20. The van der Waals surface area contributed by atoms with E-state index in [9.17, 15) is 0 Å². The largest absolute Gasteiger partial charge is 0.310 e. The summed E-state index contributed by atoms with van der Waals surface area (Å²) >= 11 is 2.13. The number of hydrogen-bond donors (Lipinski definition) is 1. The molecule has 17 heavy (non-hydrogen) atoms. The maximum Gasteiger partial charge on any atom is 0.0161 e. The van der Waals surface area contributed by atoms with Crippen molar-refractivity contribution in [2.45, 2.75) is 51.6 Å². The van der Waals surface area contributed by atoms with Crippen molar-refractivity contribution in [3.05, 3.63) is 0 Å². The lowest BCUT2D eigenvalue weighted by Gasteiger charge is -2.36. The maximum absolute atomic E-state index is 3.88. The first-order chi connectivity index (χ1) is 8.24. The van der Waals surface area contributed by atoms with Crippen LogP contribution in [0.25, 0.3) is 0 Å². The van der Waals surface area contributed by atoms with Crippen LogP contribution in [-0.4, -0.2) is 48.1 Å². The van der Waals surface area contributed by atoms with Crippen LogP contribution in [0.1, 0.15) is 39.5 Å². The lowest BCUT2D eigenvalue weighted by atomic mass is 10.0. The Hall–Kier alpha value is 0.270. The molecule has 0 aromatic heterocycles. The molecule has 100 valence electrons. The van der Waals surface area contributed by atoms with Gasteiger partial charge in [-0.05, 0) is 50.4 Å². The number of nitrogens with zero attached hydrogens (tertiary/aromatic N) is 1. The molecule has 2 aliphatic rings. The van der Waals surface area contributed by atoms with E-state index in [0.29, 0.717) is 0 Å². The minimum absolute atomic E-state index is 0.794. The summed E-state index contributed by atoms with van der Waals surface area (Å²) in [5, 5.41) is 3.88.